The van der Waals surface area contributed by atoms with E-state index < -0.39 is 0 Å². The van der Waals surface area contributed by atoms with Crippen molar-refractivity contribution >= 4 is 86.2 Å². The van der Waals surface area contributed by atoms with Gasteiger partial charge in [-0.15, -0.1) is 0 Å². The maximum absolute atomic E-state index is 2.46. The first-order chi connectivity index (χ1) is 30.8. The lowest BCUT2D eigenvalue weighted by molar-refractivity contribution is 1.62. The normalized spacial score (nSPS) is 11.9. The molecule has 62 heavy (non-hydrogen) atoms. The molecule has 0 heterocycles. The predicted molar refractivity (Wildman–Crippen MR) is 268 cm³/mol. The molecule has 13 aromatic carbocycles. The van der Waals surface area contributed by atoms with E-state index in [0.717, 1.165) is 0 Å². The van der Waals surface area contributed by atoms with Crippen molar-refractivity contribution in [3.63, 3.8) is 0 Å². The largest absolute Gasteiger partial charge is 0.0616 e. The molecule has 0 saturated carbocycles. The van der Waals surface area contributed by atoms with Gasteiger partial charge in [-0.2, -0.15) is 0 Å². The second-order valence-electron chi connectivity index (χ2n) is 16.7. The minimum Gasteiger partial charge on any atom is -0.0616 e. The molecule has 13 aromatic rings. The van der Waals surface area contributed by atoms with Crippen molar-refractivity contribution in [2.24, 2.45) is 0 Å². The Hall–Kier alpha value is -8.06. The highest BCUT2D eigenvalue weighted by Crippen LogP contribution is 2.55. The van der Waals surface area contributed by atoms with Crippen LogP contribution in [0.25, 0.3) is 131 Å². The third kappa shape index (κ3) is 5.20. The van der Waals surface area contributed by atoms with Gasteiger partial charge in [-0.3, -0.25) is 0 Å². The van der Waals surface area contributed by atoms with Crippen LogP contribution in [0, 0.1) is 0 Å². The first-order valence-electron chi connectivity index (χ1n) is 21.6. The van der Waals surface area contributed by atoms with E-state index in [1.54, 1.807) is 0 Å². The van der Waals surface area contributed by atoms with Gasteiger partial charge in [0.1, 0.15) is 0 Å². The summed E-state index contributed by atoms with van der Waals surface area (Å²) in [6.07, 6.45) is 0. The van der Waals surface area contributed by atoms with Crippen LogP contribution in [0.15, 0.2) is 231 Å². The molecule has 0 heteroatoms. The van der Waals surface area contributed by atoms with Gasteiger partial charge in [-0.25, -0.2) is 0 Å². The molecule has 0 saturated heterocycles. The number of hydrogen-bond acceptors (Lipinski definition) is 0. The molecule has 0 aliphatic rings. The molecule has 286 valence electrons. The van der Waals surface area contributed by atoms with E-state index in [1.165, 1.54) is 131 Å². The van der Waals surface area contributed by atoms with Crippen LogP contribution in [-0.2, 0) is 0 Å². The molecule has 0 unspecified atom stereocenters. The van der Waals surface area contributed by atoms with E-state index in [-0.39, 0.29) is 0 Å². The molecule has 0 aromatic heterocycles. The van der Waals surface area contributed by atoms with Crippen LogP contribution in [0.5, 0.6) is 0 Å². The van der Waals surface area contributed by atoms with Crippen LogP contribution >= 0.6 is 0 Å². The van der Waals surface area contributed by atoms with Gasteiger partial charge < -0.3 is 0 Å². The van der Waals surface area contributed by atoms with Gasteiger partial charge in [0.25, 0.3) is 0 Å². The summed E-state index contributed by atoms with van der Waals surface area (Å²) in [6, 6.07) is 86.3. The van der Waals surface area contributed by atoms with Gasteiger partial charge in [0.2, 0.25) is 0 Å². The lowest BCUT2D eigenvalue weighted by atomic mass is 9.76. The molecule has 0 atom stereocenters. The molecule has 0 radical (unpaired) electrons. The van der Waals surface area contributed by atoms with Crippen molar-refractivity contribution in [3.8, 4) is 44.5 Å². The fourth-order valence-corrected chi connectivity index (χ4v) is 10.7. The zero-order valence-corrected chi connectivity index (χ0v) is 33.9. The second-order valence-corrected chi connectivity index (χ2v) is 16.7. The zero-order valence-electron chi connectivity index (χ0n) is 33.9. The molecular weight excluding hydrogens is 745 g/mol. The van der Waals surface area contributed by atoms with Crippen LogP contribution in [0.1, 0.15) is 0 Å². The summed E-state index contributed by atoms with van der Waals surface area (Å²) in [7, 11) is 0. The number of benzene rings is 13. The maximum atomic E-state index is 2.46. The van der Waals surface area contributed by atoms with E-state index in [0.29, 0.717) is 0 Å². The Morgan fingerprint density at radius 1 is 0.145 bits per heavy atom. The van der Waals surface area contributed by atoms with Crippen LogP contribution in [0.3, 0.4) is 0 Å². The van der Waals surface area contributed by atoms with Gasteiger partial charge in [0.15, 0.2) is 0 Å². The third-order valence-electron chi connectivity index (χ3n) is 13.3. The molecule has 0 fully saturated rings. The first kappa shape index (κ1) is 34.8. The second kappa shape index (κ2) is 13.7. The summed E-state index contributed by atoms with van der Waals surface area (Å²) in [5.74, 6) is 0. The standard InChI is InChI=1S/C62H38/c1-9-25-47-39(17-1)35-40-18-2-10-26-48(40)57(47)55-33-34-56(58-49-27-11-3-19-41(49)36-42-20-4-12-28-50(42)58)62(60-53-31-15-7-23-45(53)38-46-24-8-16-32-54(46)60)61(55)59-51-29-13-5-21-43(51)37-44-22-6-14-30-52(44)59/h1-38H. The van der Waals surface area contributed by atoms with Crippen molar-refractivity contribution in [3.05, 3.63) is 231 Å². The fraction of sp³-hybridized carbons (Fsp3) is 0. The minimum atomic E-state index is 1.22. The van der Waals surface area contributed by atoms with E-state index in [1.807, 2.05) is 0 Å². The summed E-state index contributed by atoms with van der Waals surface area (Å²) in [6.45, 7) is 0. The quantitative estimate of drug-likeness (QED) is 0.156. The molecule has 0 spiro atoms. The average Bonchev–Trinajstić information content (AvgIpc) is 3.33. The highest BCUT2D eigenvalue weighted by atomic mass is 14.3. The smallest absolute Gasteiger partial charge is 0.000719 e. The zero-order chi connectivity index (χ0) is 40.7. The van der Waals surface area contributed by atoms with Gasteiger partial charge >= 0.3 is 0 Å². The Morgan fingerprint density at radius 2 is 0.323 bits per heavy atom. The van der Waals surface area contributed by atoms with E-state index in [2.05, 4.69) is 231 Å². The van der Waals surface area contributed by atoms with E-state index >= 15 is 0 Å². The first-order valence-corrected chi connectivity index (χ1v) is 21.6. The molecule has 0 nitrogen and oxygen atoms in total. The Morgan fingerprint density at radius 3 is 0.532 bits per heavy atom. The van der Waals surface area contributed by atoms with Gasteiger partial charge in [-0.1, -0.05) is 206 Å². The van der Waals surface area contributed by atoms with Crippen LogP contribution < -0.4 is 0 Å². The fourth-order valence-electron chi connectivity index (χ4n) is 10.7. The molecule has 0 amide bonds. The SMILES string of the molecule is c1ccc2c(-c3ccc(-c4c5ccccc5cc5ccccc45)c(-c4c5ccccc5cc5ccccc45)c3-c3c4ccccc4cc4ccccc34)c3ccccc3cc2c1. The molecule has 13 rings (SSSR count). The summed E-state index contributed by atoms with van der Waals surface area (Å²) < 4.78 is 0. The number of fused-ring (bicyclic) bond motifs is 8. The van der Waals surface area contributed by atoms with Crippen molar-refractivity contribution in [2.75, 3.05) is 0 Å². The number of hydrogen-bond donors (Lipinski definition) is 0. The molecule has 0 aliphatic heterocycles. The van der Waals surface area contributed by atoms with Crippen molar-refractivity contribution in [2.45, 2.75) is 0 Å². The van der Waals surface area contributed by atoms with Crippen LogP contribution in [-0.4, -0.2) is 0 Å². The predicted octanol–water partition coefficient (Wildman–Crippen LogP) is 17.6. The third-order valence-corrected chi connectivity index (χ3v) is 13.3. The summed E-state index contributed by atoms with van der Waals surface area (Å²) in [4.78, 5) is 0. The van der Waals surface area contributed by atoms with E-state index in [4.69, 9.17) is 0 Å². The summed E-state index contributed by atoms with van der Waals surface area (Å²) in [5.41, 5.74) is 9.95. The lowest BCUT2D eigenvalue weighted by Crippen LogP contribution is -1.99. The highest BCUT2D eigenvalue weighted by molar-refractivity contribution is 6.28. The maximum Gasteiger partial charge on any atom is -0.000719 e. The monoisotopic (exact) mass is 782 g/mol. The Bertz CT molecular complexity index is 3500. The van der Waals surface area contributed by atoms with Gasteiger partial charge in [0, 0.05) is 0 Å². The molecule has 0 bridgehead atoms. The lowest BCUT2D eigenvalue weighted by Gasteiger charge is -2.27. The van der Waals surface area contributed by atoms with Gasteiger partial charge in [0.05, 0.1) is 0 Å². The van der Waals surface area contributed by atoms with Crippen molar-refractivity contribution in [1.82, 2.24) is 0 Å². The number of rotatable bonds is 4. The van der Waals surface area contributed by atoms with Gasteiger partial charge in [-0.05, 0) is 155 Å². The minimum absolute atomic E-state index is 1.22. The van der Waals surface area contributed by atoms with Crippen LogP contribution in [0.2, 0.25) is 0 Å². The Labute approximate surface area is 359 Å². The average molecular weight is 783 g/mol. The molecule has 0 aliphatic carbocycles. The van der Waals surface area contributed by atoms with Crippen molar-refractivity contribution < 1.29 is 0 Å². The molecular formula is C62H38. The van der Waals surface area contributed by atoms with Crippen LogP contribution in [0.4, 0.5) is 0 Å². The summed E-state index contributed by atoms with van der Waals surface area (Å²) in [5, 5.41) is 19.8. The Kier molecular flexibility index (Phi) is 7.71. The summed E-state index contributed by atoms with van der Waals surface area (Å²) >= 11 is 0. The Balaban J connectivity index is 1.37. The van der Waals surface area contributed by atoms with E-state index in [9.17, 15) is 0 Å². The molecule has 0 N–H and O–H groups in total. The van der Waals surface area contributed by atoms with Crippen molar-refractivity contribution in [1.29, 1.82) is 0 Å². The topological polar surface area (TPSA) is 0 Å². The highest BCUT2D eigenvalue weighted by Gasteiger charge is 2.28.